The van der Waals surface area contributed by atoms with E-state index >= 15 is 0 Å². The van der Waals surface area contributed by atoms with Gasteiger partial charge in [0.25, 0.3) is 0 Å². The zero-order chi connectivity index (χ0) is 19.7. The zero-order valence-corrected chi connectivity index (χ0v) is 17.2. The van der Waals surface area contributed by atoms with Gasteiger partial charge >= 0.3 is 0 Å². The molecular formula is C20H12Cl4N2O2. The van der Waals surface area contributed by atoms with E-state index in [0.717, 1.165) is 16.8 Å². The van der Waals surface area contributed by atoms with E-state index in [4.69, 9.17) is 56.0 Å². The van der Waals surface area contributed by atoms with Gasteiger partial charge in [0.2, 0.25) is 0 Å². The smallest absolute Gasteiger partial charge is 0.170 e. The van der Waals surface area contributed by atoms with Crippen LogP contribution in [0.4, 0.5) is 0 Å². The Morgan fingerprint density at radius 3 is 2.14 bits per heavy atom. The summed E-state index contributed by atoms with van der Waals surface area (Å²) in [6, 6.07) is 17.5. The van der Waals surface area contributed by atoms with Crippen molar-refractivity contribution >= 4 is 52.1 Å². The van der Waals surface area contributed by atoms with Gasteiger partial charge in [0.05, 0.1) is 11.6 Å². The minimum Gasteiger partial charge on any atom is -0.454 e. The number of ether oxygens (including phenoxy) is 1. The predicted molar refractivity (Wildman–Crippen MR) is 112 cm³/mol. The molecule has 0 aliphatic carbocycles. The fourth-order valence-corrected chi connectivity index (χ4v) is 3.67. The van der Waals surface area contributed by atoms with E-state index in [0.29, 0.717) is 12.4 Å². The lowest BCUT2D eigenvalue weighted by Crippen LogP contribution is -2.12. The van der Waals surface area contributed by atoms with Crippen molar-refractivity contribution in [3.05, 3.63) is 86.1 Å². The van der Waals surface area contributed by atoms with Gasteiger partial charge in [0.15, 0.2) is 16.1 Å². The molecule has 2 aromatic carbocycles. The predicted octanol–water partition coefficient (Wildman–Crippen LogP) is 7.01. The fraction of sp³-hybridized carbons (Fsp3) is 0.100. The normalized spacial score (nSPS) is 15.9. The molecule has 1 unspecified atom stereocenters. The summed E-state index contributed by atoms with van der Waals surface area (Å²) in [6.07, 6.45) is 0. The minimum atomic E-state index is 0.0193. The number of nitrogens with zero attached hydrogens (tertiary/aromatic N) is 2. The first kappa shape index (κ1) is 19.3. The van der Waals surface area contributed by atoms with Gasteiger partial charge in [-0.25, -0.2) is 4.98 Å². The number of rotatable bonds is 4. The average Bonchev–Trinajstić information content (AvgIpc) is 3.21. The number of aromatic nitrogens is 1. The SMILES string of the molecule is Clc1nc(Cl)c(Cl)c(Oc2ccc(C3=NOCC3c3ccccc3)cc2)c1Cl. The molecule has 0 saturated carbocycles. The van der Waals surface area contributed by atoms with Crippen LogP contribution in [-0.4, -0.2) is 17.3 Å². The lowest BCUT2D eigenvalue weighted by atomic mass is 9.91. The molecule has 0 spiro atoms. The Morgan fingerprint density at radius 2 is 1.50 bits per heavy atom. The van der Waals surface area contributed by atoms with Crippen molar-refractivity contribution in [1.29, 1.82) is 0 Å². The molecular weight excluding hydrogens is 442 g/mol. The molecule has 2 heterocycles. The molecule has 142 valence electrons. The molecule has 0 N–H and O–H groups in total. The van der Waals surface area contributed by atoms with Crippen molar-refractivity contribution in [2.24, 2.45) is 5.16 Å². The van der Waals surface area contributed by atoms with Crippen molar-refractivity contribution in [2.45, 2.75) is 5.92 Å². The molecule has 4 rings (SSSR count). The molecule has 0 amide bonds. The average molecular weight is 454 g/mol. The van der Waals surface area contributed by atoms with Crippen LogP contribution in [0.5, 0.6) is 11.5 Å². The minimum absolute atomic E-state index is 0.0193. The summed E-state index contributed by atoms with van der Waals surface area (Å²) >= 11 is 24.2. The highest BCUT2D eigenvalue weighted by atomic mass is 35.5. The molecule has 8 heteroatoms. The zero-order valence-electron chi connectivity index (χ0n) is 14.2. The van der Waals surface area contributed by atoms with Crippen molar-refractivity contribution in [3.8, 4) is 11.5 Å². The van der Waals surface area contributed by atoms with E-state index < -0.39 is 0 Å². The maximum atomic E-state index is 6.14. The lowest BCUT2D eigenvalue weighted by molar-refractivity contribution is 0.166. The molecule has 28 heavy (non-hydrogen) atoms. The van der Waals surface area contributed by atoms with Crippen LogP contribution in [0.3, 0.4) is 0 Å². The molecule has 1 aliphatic rings. The summed E-state index contributed by atoms with van der Waals surface area (Å²) in [5, 5.41) is 4.45. The van der Waals surface area contributed by atoms with Crippen molar-refractivity contribution < 1.29 is 9.57 Å². The molecule has 4 nitrogen and oxygen atoms in total. The number of pyridine rings is 1. The number of oxime groups is 1. The summed E-state index contributed by atoms with van der Waals surface area (Å²) in [5.74, 6) is 0.751. The quantitative estimate of drug-likeness (QED) is 0.399. The van der Waals surface area contributed by atoms with Gasteiger partial charge in [-0.1, -0.05) is 81.9 Å². The number of benzene rings is 2. The van der Waals surface area contributed by atoms with Crippen molar-refractivity contribution in [2.75, 3.05) is 6.61 Å². The molecule has 0 radical (unpaired) electrons. The number of hydrogen-bond acceptors (Lipinski definition) is 4. The van der Waals surface area contributed by atoms with Gasteiger partial charge in [0.1, 0.15) is 22.4 Å². The maximum absolute atomic E-state index is 6.14. The maximum Gasteiger partial charge on any atom is 0.170 e. The Bertz CT molecular complexity index is 1010. The van der Waals surface area contributed by atoms with Crippen LogP contribution in [0, 0.1) is 0 Å². The summed E-state index contributed by atoms with van der Waals surface area (Å²) in [4.78, 5) is 9.18. The topological polar surface area (TPSA) is 43.7 Å². The van der Waals surface area contributed by atoms with Gasteiger partial charge in [-0.05, 0) is 29.8 Å². The van der Waals surface area contributed by atoms with Gasteiger partial charge in [-0.15, -0.1) is 0 Å². The largest absolute Gasteiger partial charge is 0.454 e. The Kier molecular flexibility index (Phi) is 5.65. The summed E-state index contributed by atoms with van der Waals surface area (Å²) in [7, 11) is 0. The van der Waals surface area contributed by atoms with E-state index in [1.807, 2.05) is 30.3 Å². The summed E-state index contributed by atoms with van der Waals surface area (Å²) in [5.41, 5.74) is 2.95. The van der Waals surface area contributed by atoms with E-state index in [1.165, 1.54) is 0 Å². The van der Waals surface area contributed by atoms with Crippen LogP contribution in [0.25, 0.3) is 0 Å². The lowest BCUT2D eigenvalue weighted by Gasteiger charge is -2.13. The van der Waals surface area contributed by atoms with E-state index in [9.17, 15) is 0 Å². The summed E-state index contributed by atoms with van der Waals surface area (Å²) in [6.45, 7) is 0.511. The molecule has 0 saturated heterocycles. The first-order valence-corrected chi connectivity index (χ1v) is 9.79. The Balaban J connectivity index is 1.59. The monoisotopic (exact) mass is 452 g/mol. The molecule has 1 aromatic heterocycles. The second-order valence-corrected chi connectivity index (χ2v) is 7.48. The second kappa shape index (κ2) is 8.18. The van der Waals surface area contributed by atoms with Crippen LogP contribution in [0.15, 0.2) is 59.8 Å². The van der Waals surface area contributed by atoms with Crippen LogP contribution in [0.1, 0.15) is 17.0 Å². The third-order valence-electron chi connectivity index (χ3n) is 4.26. The Morgan fingerprint density at radius 1 is 0.857 bits per heavy atom. The van der Waals surface area contributed by atoms with E-state index in [1.54, 1.807) is 12.1 Å². The summed E-state index contributed by atoms with van der Waals surface area (Å²) < 4.78 is 5.79. The highest BCUT2D eigenvalue weighted by Gasteiger charge is 2.26. The van der Waals surface area contributed by atoms with E-state index in [2.05, 4.69) is 22.3 Å². The van der Waals surface area contributed by atoms with Crippen LogP contribution in [-0.2, 0) is 4.84 Å². The van der Waals surface area contributed by atoms with Crippen molar-refractivity contribution in [1.82, 2.24) is 4.98 Å². The number of hydrogen-bond donors (Lipinski definition) is 0. The third kappa shape index (κ3) is 3.78. The Hall–Kier alpha value is -1.98. The van der Waals surface area contributed by atoms with Crippen LogP contribution < -0.4 is 4.74 Å². The first-order valence-electron chi connectivity index (χ1n) is 8.27. The fourth-order valence-electron chi connectivity index (χ4n) is 2.89. The number of halogens is 4. The Labute approximate surface area is 181 Å². The second-order valence-electron chi connectivity index (χ2n) is 6.01. The molecule has 0 fully saturated rings. The molecule has 1 atom stereocenters. The molecule has 3 aromatic rings. The standard InChI is InChI=1S/C20H12Cl4N2O2/c21-15-18(16(22)20(24)25-19(15)23)28-13-8-6-12(7-9-13)17-14(10-27-26-17)11-4-2-1-3-5-11/h1-9,14H,10H2. The van der Waals surface area contributed by atoms with Gasteiger partial charge in [-0.2, -0.15) is 0 Å². The highest BCUT2D eigenvalue weighted by Crippen LogP contribution is 2.43. The third-order valence-corrected chi connectivity index (χ3v) is 5.71. The van der Waals surface area contributed by atoms with Gasteiger partial charge in [-0.3, -0.25) is 0 Å². The van der Waals surface area contributed by atoms with E-state index in [-0.39, 0.29) is 32.0 Å². The van der Waals surface area contributed by atoms with Gasteiger partial charge < -0.3 is 9.57 Å². The van der Waals surface area contributed by atoms with Crippen LogP contribution in [0.2, 0.25) is 20.4 Å². The van der Waals surface area contributed by atoms with Crippen molar-refractivity contribution in [3.63, 3.8) is 0 Å². The highest BCUT2D eigenvalue weighted by molar-refractivity contribution is 6.47. The first-order chi connectivity index (χ1) is 13.5. The van der Waals surface area contributed by atoms with Crippen LogP contribution >= 0.6 is 46.4 Å². The molecule has 1 aliphatic heterocycles. The van der Waals surface area contributed by atoms with Gasteiger partial charge in [0, 0.05) is 5.56 Å². The molecule has 0 bridgehead atoms.